The van der Waals surface area contributed by atoms with E-state index in [2.05, 4.69) is 53.6 Å². The summed E-state index contributed by atoms with van der Waals surface area (Å²) in [7, 11) is 0. The first kappa shape index (κ1) is 19.9. The fourth-order valence-electron chi connectivity index (χ4n) is 3.07. The first-order valence-electron chi connectivity index (χ1n) is 9.59. The van der Waals surface area contributed by atoms with Crippen LogP contribution in [-0.2, 0) is 9.53 Å². The lowest BCUT2D eigenvalue weighted by Gasteiger charge is -2.29. The highest BCUT2D eigenvalue weighted by atomic mass is 16.5. The molecular weight excluding hydrogens is 352 g/mol. The minimum absolute atomic E-state index is 0.175. The van der Waals surface area contributed by atoms with Crippen molar-refractivity contribution < 1.29 is 9.53 Å². The average Bonchev–Trinajstić information content (AvgIpc) is 2.70. The minimum atomic E-state index is -0.183. The number of carbonyl (C=O) groups excluding carboxylic acids is 1. The van der Waals surface area contributed by atoms with E-state index in [0.717, 1.165) is 43.1 Å². The number of carbonyl (C=O) groups is 1. The van der Waals surface area contributed by atoms with E-state index in [1.165, 1.54) is 16.8 Å². The zero-order valence-electron chi connectivity index (χ0n) is 16.8. The van der Waals surface area contributed by atoms with Crippen LogP contribution in [0.3, 0.4) is 0 Å². The maximum absolute atomic E-state index is 12.0. The summed E-state index contributed by atoms with van der Waals surface area (Å²) in [6, 6.07) is 12.3. The Morgan fingerprint density at radius 1 is 1.07 bits per heavy atom. The number of morpholine rings is 1. The third kappa shape index (κ3) is 5.33. The van der Waals surface area contributed by atoms with Crippen molar-refractivity contribution in [1.82, 2.24) is 5.43 Å². The molecule has 0 bridgehead atoms. The van der Waals surface area contributed by atoms with Crippen molar-refractivity contribution in [3.63, 3.8) is 0 Å². The Balaban J connectivity index is 1.50. The van der Waals surface area contributed by atoms with Crippen LogP contribution < -0.4 is 15.6 Å². The van der Waals surface area contributed by atoms with Gasteiger partial charge in [0.05, 0.1) is 26.0 Å². The molecule has 2 aromatic rings. The third-order valence-corrected chi connectivity index (χ3v) is 4.98. The number of amides is 1. The van der Waals surface area contributed by atoms with E-state index in [1.54, 1.807) is 6.21 Å². The van der Waals surface area contributed by atoms with Crippen LogP contribution >= 0.6 is 0 Å². The van der Waals surface area contributed by atoms with Crippen molar-refractivity contribution in [2.45, 2.75) is 20.8 Å². The van der Waals surface area contributed by atoms with Crippen molar-refractivity contribution in [2.75, 3.05) is 43.1 Å². The number of aryl methyl sites for hydroxylation is 3. The molecule has 0 saturated carbocycles. The van der Waals surface area contributed by atoms with Crippen molar-refractivity contribution in [1.29, 1.82) is 0 Å². The highest BCUT2D eigenvalue weighted by molar-refractivity contribution is 5.85. The molecule has 2 N–H and O–H groups in total. The highest BCUT2D eigenvalue weighted by Gasteiger charge is 2.11. The van der Waals surface area contributed by atoms with Crippen LogP contribution in [0.5, 0.6) is 0 Å². The number of anilines is 2. The van der Waals surface area contributed by atoms with Crippen molar-refractivity contribution in [2.24, 2.45) is 5.10 Å². The van der Waals surface area contributed by atoms with Gasteiger partial charge >= 0.3 is 0 Å². The average molecular weight is 380 g/mol. The molecule has 1 amide bonds. The molecule has 6 heteroatoms. The molecule has 1 fully saturated rings. The van der Waals surface area contributed by atoms with E-state index in [9.17, 15) is 4.79 Å². The van der Waals surface area contributed by atoms with Gasteiger partial charge in [0.2, 0.25) is 0 Å². The molecule has 3 rings (SSSR count). The van der Waals surface area contributed by atoms with E-state index in [1.807, 2.05) is 24.3 Å². The predicted molar refractivity (Wildman–Crippen MR) is 114 cm³/mol. The highest BCUT2D eigenvalue weighted by Crippen LogP contribution is 2.19. The Labute approximate surface area is 166 Å². The van der Waals surface area contributed by atoms with E-state index in [-0.39, 0.29) is 12.5 Å². The fourth-order valence-corrected chi connectivity index (χ4v) is 3.07. The topological polar surface area (TPSA) is 66.0 Å². The Morgan fingerprint density at radius 2 is 1.86 bits per heavy atom. The van der Waals surface area contributed by atoms with Crippen LogP contribution in [0.1, 0.15) is 22.3 Å². The second-order valence-electron chi connectivity index (χ2n) is 7.09. The molecule has 0 radical (unpaired) electrons. The normalized spacial score (nSPS) is 14.3. The summed E-state index contributed by atoms with van der Waals surface area (Å²) in [6.07, 6.45) is 1.69. The summed E-state index contributed by atoms with van der Waals surface area (Å²) < 4.78 is 5.40. The number of benzene rings is 2. The molecule has 6 nitrogen and oxygen atoms in total. The number of hydrogen-bond acceptors (Lipinski definition) is 5. The number of hydrogen-bond donors (Lipinski definition) is 2. The molecule has 0 atom stereocenters. The zero-order chi connectivity index (χ0) is 19.9. The summed E-state index contributed by atoms with van der Waals surface area (Å²) in [6.45, 7) is 9.71. The first-order valence-corrected chi connectivity index (χ1v) is 9.59. The SMILES string of the molecule is Cc1ccc(NCC(=O)N/N=C\c2ccc(N3CCOCC3)cc2C)cc1C. The third-order valence-electron chi connectivity index (χ3n) is 4.98. The molecule has 148 valence electrons. The molecule has 1 saturated heterocycles. The Kier molecular flexibility index (Phi) is 6.66. The van der Waals surface area contributed by atoms with Gasteiger partial charge in [-0.1, -0.05) is 12.1 Å². The van der Waals surface area contributed by atoms with E-state index in [4.69, 9.17) is 4.74 Å². The van der Waals surface area contributed by atoms with Gasteiger partial charge in [-0.3, -0.25) is 4.79 Å². The maximum Gasteiger partial charge on any atom is 0.259 e. The largest absolute Gasteiger partial charge is 0.378 e. The molecule has 1 heterocycles. The molecule has 1 aliphatic heterocycles. The smallest absolute Gasteiger partial charge is 0.259 e. The van der Waals surface area contributed by atoms with Gasteiger partial charge in [-0.15, -0.1) is 0 Å². The molecule has 28 heavy (non-hydrogen) atoms. The van der Waals surface area contributed by atoms with Crippen LogP contribution in [0.2, 0.25) is 0 Å². The van der Waals surface area contributed by atoms with Gasteiger partial charge in [0.1, 0.15) is 0 Å². The van der Waals surface area contributed by atoms with Crippen LogP contribution in [0, 0.1) is 20.8 Å². The molecule has 0 aliphatic carbocycles. The molecule has 0 spiro atoms. The van der Waals surface area contributed by atoms with Gasteiger partial charge in [-0.2, -0.15) is 5.10 Å². The summed E-state index contributed by atoms with van der Waals surface area (Å²) in [5.41, 5.74) is 9.23. The number of hydrazone groups is 1. The summed E-state index contributed by atoms with van der Waals surface area (Å²) in [5.74, 6) is -0.183. The number of ether oxygens (including phenoxy) is 1. The molecule has 1 aliphatic rings. The van der Waals surface area contributed by atoms with Gasteiger partial charge < -0.3 is 15.0 Å². The van der Waals surface area contributed by atoms with Gasteiger partial charge in [-0.25, -0.2) is 5.43 Å². The van der Waals surface area contributed by atoms with E-state index >= 15 is 0 Å². The van der Waals surface area contributed by atoms with Gasteiger partial charge in [-0.05, 0) is 67.3 Å². The summed E-state index contributed by atoms with van der Waals surface area (Å²) in [4.78, 5) is 14.3. The second kappa shape index (κ2) is 9.37. The van der Waals surface area contributed by atoms with Gasteiger partial charge in [0.15, 0.2) is 0 Å². The van der Waals surface area contributed by atoms with Crippen LogP contribution in [0.25, 0.3) is 0 Å². The van der Waals surface area contributed by atoms with E-state index in [0.29, 0.717) is 0 Å². The number of nitrogens with zero attached hydrogens (tertiary/aromatic N) is 2. The molecule has 2 aromatic carbocycles. The van der Waals surface area contributed by atoms with Crippen molar-refractivity contribution in [3.8, 4) is 0 Å². The lowest BCUT2D eigenvalue weighted by molar-refractivity contribution is -0.119. The van der Waals surface area contributed by atoms with E-state index < -0.39 is 0 Å². The number of rotatable bonds is 6. The summed E-state index contributed by atoms with van der Waals surface area (Å²) in [5, 5.41) is 7.21. The second-order valence-corrected chi connectivity index (χ2v) is 7.09. The van der Waals surface area contributed by atoms with Gasteiger partial charge in [0.25, 0.3) is 5.91 Å². The zero-order valence-corrected chi connectivity index (χ0v) is 16.8. The first-order chi connectivity index (χ1) is 13.5. The molecule has 0 unspecified atom stereocenters. The Morgan fingerprint density at radius 3 is 2.57 bits per heavy atom. The molecular formula is C22H28N4O2. The Hall–Kier alpha value is -2.86. The number of nitrogens with one attached hydrogen (secondary N) is 2. The maximum atomic E-state index is 12.0. The monoisotopic (exact) mass is 380 g/mol. The lowest BCUT2D eigenvalue weighted by atomic mass is 10.1. The van der Waals surface area contributed by atoms with Gasteiger partial charge in [0, 0.05) is 24.5 Å². The van der Waals surface area contributed by atoms with Crippen LogP contribution in [0.4, 0.5) is 11.4 Å². The lowest BCUT2D eigenvalue weighted by Crippen LogP contribution is -2.36. The fraction of sp³-hybridized carbons (Fsp3) is 0.364. The minimum Gasteiger partial charge on any atom is -0.378 e. The Bertz CT molecular complexity index is 858. The predicted octanol–water partition coefficient (Wildman–Crippen LogP) is 3.01. The van der Waals surface area contributed by atoms with Crippen molar-refractivity contribution in [3.05, 3.63) is 58.7 Å². The van der Waals surface area contributed by atoms with Crippen LogP contribution in [0.15, 0.2) is 41.5 Å². The van der Waals surface area contributed by atoms with Crippen LogP contribution in [-0.4, -0.2) is 45.0 Å². The standard InChI is InChI=1S/C22H28N4O2/c1-16-4-6-20(12-17(16)2)23-15-22(27)25-24-14-19-5-7-21(13-18(19)3)26-8-10-28-11-9-26/h4-7,12-14,23H,8-11,15H2,1-3H3,(H,25,27)/b24-14-. The quantitative estimate of drug-likeness (QED) is 0.597. The molecule has 0 aromatic heterocycles. The van der Waals surface area contributed by atoms with Crippen molar-refractivity contribution >= 4 is 23.5 Å². The summed E-state index contributed by atoms with van der Waals surface area (Å²) >= 11 is 0.